The molecule has 0 radical (unpaired) electrons. The Morgan fingerprint density at radius 1 is 1.29 bits per heavy atom. The van der Waals surface area contributed by atoms with Crippen LogP contribution < -0.4 is 10.6 Å². The third kappa shape index (κ3) is 5.04. The van der Waals surface area contributed by atoms with Crippen LogP contribution in [-0.2, 0) is 24.2 Å². The summed E-state index contributed by atoms with van der Waals surface area (Å²) in [5.41, 5.74) is 3.73. The number of aromatic nitrogens is 2. The van der Waals surface area contributed by atoms with Gasteiger partial charge in [0.25, 0.3) is 0 Å². The van der Waals surface area contributed by atoms with Crippen molar-refractivity contribution in [1.82, 2.24) is 20.9 Å². The number of carbonyl (C=O) groups excluding carboxylic acids is 1. The summed E-state index contributed by atoms with van der Waals surface area (Å²) < 4.78 is 4.61. The number of hydrogen-bond acceptors (Lipinski definition) is 5. The fourth-order valence-electron chi connectivity index (χ4n) is 2.86. The summed E-state index contributed by atoms with van der Waals surface area (Å²) in [5.74, 6) is 0.712. The Labute approximate surface area is 147 Å². The summed E-state index contributed by atoms with van der Waals surface area (Å²) in [5, 5.41) is 13.7. The second kappa shape index (κ2) is 8.80. The maximum atomic E-state index is 12.0. The van der Waals surface area contributed by atoms with Gasteiger partial charge in [-0.3, -0.25) is 4.79 Å². The van der Waals surface area contributed by atoms with Crippen LogP contribution in [0, 0.1) is 12.8 Å². The molecule has 3 rings (SSSR count). The fraction of sp³-hybridized carbons (Fsp3) is 0.471. The van der Waals surface area contributed by atoms with Gasteiger partial charge in [-0.1, -0.05) is 34.6 Å². The van der Waals surface area contributed by atoms with Crippen LogP contribution in [0.25, 0.3) is 0 Å². The highest BCUT2D eigenvalue weighted by Crippen LogP contribution is 2.16. The maximum absolute atomic E-state index is 12.0. The lowest BCUT2D eigenvalue weighted by atomic mass is 9.97. The number of amides is 1. The zero-order valence-electron chi connectivity index (χ0n) is 13.7. The zero-order valence-corrected chi connectivity index (χ0v) is 14.6. The summed E-state index contributed by atoms with van der Waals surface area (Å²) in [6.45, 7) is 4.39. The second-order valence-electron chi connectivity index (χ2n) is 6.13. The topological polar surface area (TPSA) is 80.1 Å². The van der Waals surface area contributed by atoms with Crippen molar-refractivity contribution in [3.8, 4) is 0 Å². The highest BCUT2D eigenvalue weighted by Gasteiger charge is 2.14. The van der Waals surface area contributed by atoms with Gasteiger partial charge in [-0.15, -0.1) is 12.4 Å². The van der Waals surface area contributed by atoms with Gasteiger partial charge in [0.2, 0.25) is 5.91 Å². The number of benzene rings is 1. The van der Waals surface area contributed by atoms with Gasteiger partial charge in [0, 0.05) is 0 Å². The van der Waals surface area contributed by atoms with Crippen LogP contribution in [0.2, 0.25) is 0 Å². The second-order valence-corrected chi connectivity index (χ2v) is 6.13. The summed E-state index contributed by atoms with van der Waals surface area (Å²) >= 11 is 0. The molecular weight excluding hydrogens is 328 g/mol. The molecule has 1 aromatic carbocycles. The average Bonchev–Trinajstić information content (AvgIpc) is 3.19. The first kappa shape index (κ1) is 18.4. The van der Waals surface area contributed by atoms with Crippen LogP contribution in [0.4, 0.5) is 0 Å². The molecule has 6 nitrogen and oxygen atoms in total. The number of halogens is 1. The lowest BCUT2D eigenvalue weighted by Gasteiger charge is -2.09. The van der Waals surface area contributed by atoms with Crippen molar-refractivity contribution >= 4 is 18.3 Å². The van der Waals surface area contributed by atoms with Crippen molar-refractivity contribution < 1.29 is 9.42 Å². The van der Waals surface area contributed by atoms with E-state index in [4.69, 9.17) is 0 Å². The molecule has 0 saturated carbocycles. The van der Waals surface area contributed by atoms with Gasteiger partial charge < -0.3 is 10.6 Å². The van der Waals surface area contributed by atoms with Crippen molar-refractivity contribution in [1.29, 1.82) is 0 Å². The molecule has 1 unspecified atom stereocenters. The predicted octanol–water partition coefficient (Wildman–Crippen LogP) is 1.81. The normalized spacial score (nSPS) is 16.6. The molecule has 2 N–H and O–H groups in total. The summed E-state index contributed by atoms with van der Waals surface area (Å²) in [4.78, 5) is 12.0. The van der Waals surface area contributed by atoms with E-state index in [9.17, 15) is 4.79 Å². The lowest BCUT2D eigenvalue weighted by molar-refractivity contribution is -0.120. The number of aryl methyl sites for hydroxylation is 1. The van der Waals surface area contributed by atoms with Crippen LogP contribution in [0.15, 0.2) is 28.9 Å². The van der Waals surface area contributed by atoms with Crippen molar-refractivity contribution in [2.75, 3.05) is 13.1 Å². The largest absolute Gasteiger partial charge is 0.350 e. The Kier molecular flexibility index (Phi) is 6.75. The van der Waals surface area contributed by atoms with E-state index < -0.39 is 0 Å². The van der Waals surface area contributed by atoms with Crippen LogP contribution in [0.5, 0.6) is 0 Å². The number of hydrogen-bond donors (Lipinski definition) is 2. The van der Waals surface area contributed by atoms with Gasteiger partial charge >= 0.3 is 0 Å². The Balaban J connectivity index is 0.00000208. The van der Waals surface area contributed by atoms with Gasteiger partial charge in [0.1, 0.15) is 11.4 Å². The van der Waals surface area contributed by atoms with E-state index in [0.29, 0.717) is 24.4 Å². The van der Waals surface area contributed by atoms with Crippen LogP contribution >= 0.6 is 12.4 Å². The van der Waals surface area contributed by atoms with Crippen LogP contribution in [-0.4, -0.2) is 29.3 Å². The molecule has 1 amide bonds. The highest BCUT2D eigenvalue weighted by atomic mass is 35.5. The maximum Gasteiger partial charge on any atom is 0.224 e. The SMILES string of the molecule is Cc1nonc1CNC(=O)Cc1ccc(CC2CCNC2)cc1.Cl. The highest BCUT2D eigenvalue weighted by molar-refractivity contribution is 5.85. The minimum atomic E-state index is -0.0276. The Hall–Kier alpha value is -1.92. The average molecular weight is 351 g/mol. The van der Waals surface area contributed by atoms with Gasteiger partial charge in [0.15, 0.2) is 0 Å². The molecule has 1 saturated heterocycles. The predicted molar refractivity (Wildman–Crippen MR) is 93.0 cm³/mol. The van der Waals surface area contributed by atoms with E-state index in [1.165, 1.54) is 12.0 Å². The molecule has 1 atom stereocenters. The van der Waals surface area contributed by atoms with E-state index in [0.717, 1.165) is 31.0 Å². The van der Waals surface area contributed by atoms with E-state index >= 15 is 0 Å². The lowest BCUT2D eigenvalue weighted by Crippen LogP contribution is -2.25. The molecule has 1 aliphatic heterocycles. The first-order chi connectivity index (χ1) is 11.2. The molecular formula is C17H23ClN4O2. The van der Waals surface area contributed by atoms with Crippen molar-refractivity contribution in [2.45, 2.75) is 32.7 Å². The molecule has 2 aromatic rings. The Morgan fingerprint density at radius 3 is 2.67 bits per heavy atom. The number of nitrogens with one attached hydrogen (secondary N) is 2. The number of nitrogens with zero attached hydrogens (tertiary/aromatic N) is 2. The van der Waals surface area contributed by atoms with Crippen molar-refractivity contribution in [3.05, 3.63) is 46.8 Å². The first-order valence-corrected chi connectivity index (χ1v) is 8.04. The summed E-state index contributed by atoms with van der Waals surface area (Å²) in [6.07, 6.45) is 2.73. The van der Waals surface area contributed by atoms with E-state index in [1.54, 1.807) is 6.92 Å². The van der Waals surface area contributed by atoms with E-state index in [-0.39, 0.29) is 18.3 Å². The quantitative estimate of drug-likeness (QED) is 0.830. The first-order valence-electron chi connectivity index (χ1n) is 8.04. The van der Waals surface area contributed by atoms with E-state index in [2.05, 4.69) is 37.7 Å². The smallest absolute Gasteiger partial charge is 0.224 e. The zero-order chi connectivity index (χ0) is 16.1. The molecule has 24 heavy (non-hydrogen) atoms. The molecule has 1 fully saturated rings. The molecule has 1 aromatic heterocycles. The minimum Gasteiger partial charge on any atom is -0.350 e. The molecule has 130 valence electrons. The third-order valence-corrected chi connectivity index (χ3v) is 4.27. The summed E-state index contributed by atoms with van der Waals surface area (Å²) in [6, 6.07) is 8.35. The molecule has 0 spiro atoms. The van der Waals surface area contributed by atoms with E-state index in [1.807, 2.05) is 12.1 Å². The molecule has 0 bridgehead atoms. The Bertz CT molecular complexity index is 651. The molecule has 2 heterocycles. The fourth-order valence-corrected chi connectivity index (χ4v) is 2.86. The van der Waals surface area contributed by atoms with Crippen molar-refractivity contribution in [2.24, 2.45) is 5.92 Å². The van der Waals surface area contributed by atoms with Gasteiger partial charge in [-0.25, -0.2) is 4.63 Å². The van der Waals surface area contributed by atoms with Crippen molar-refractivity contribution in [3.63, 3.8) is 0 Å². The van der Waals surface area contributed by atoms with Crippen LogP contribution in [0.1, 0.15) is 28.9 Å². The molecule has 0 aliphatic carbocycles. The minimum absolute atomic E-state index is 0. The summed E-state index contributed by atoms with van der Waals surface area (Å²) in [7, 11) is 0. The molecule has 1 aliphatic rings. The van der Waals surface area contributed by atoms with Crippen LogP contribution in [0.3, 0.4) is 0 Å². The Morgan fingerprint density at radius 2 is 2.04 bits per heavy atom. The van der Waals surface area contributed by atoms with Gasteiger partial charge in [-0.2, -0.15) is 0 Å². The monoisotopic (exact) mass is 350 g/mol. The van der Waals surface area contributed by atoms with Gasteiger partial charge in [-0.05, 0) is 49.9 Å². The van der Waals surface area contributed by atoms with Gasteiger partial charge in [0.05, 0.1) is 13.0 Å². The standard InChI is InChI=1S/C17H22N4O2.ClH/c1-12-16(21-23-20-12)11-19-17(22)9-14-4-2-13(3-5-14)8-15-6-7-18-10-15;/h2-5,15,18H,6-11H2,1H3,(H,19,22);1H. The number of rotatable bonds is 6. The number of carbonyl (C=O) groups is 1. The third-order valence-electron chi connectivity index (χ3n) is 4.27. The molecule has 7 heteroatoms.